The van der Waals surface area contributed by atoms with Gasteiger partial charge >= 0.3 is 12.0 Å². The lowest BCUT2D eigenvalue weighted by Crippen LogP contribution is -2.40. The molecule has 1 aliphatic heterocycles. The van der Waals surface area contributed by atoms with Crippen LogP contribution in [0.1, 0.15) is 29.8 Å². The lowest BCUT2D eigenvalue weighted by molar-refractivity contribution is -0.140. The Kier molecular flexibility index (Phi) is 4.35. The number of carboxylic acids is 1. The van der Waals surface area contributed by atoms with Gasteiger partial charge in [0.25, 0.3) is 11.8 Å². The minimum absolute atomic E-state index is 0.00706. The van der Waals surface area contributed by atoms with Crippen molar-refractivity contribution in [1.82, 2.24) is 16.0 Å². The minimum atomic E-state index is -1.25. The van der Waals surface area contributed by atoms with E-state index in [0.29, 0.717) is 5.56 Å². The van der Waals surface area contributed by atoms with E-state index >= 15 is 0 Å². The SMILES string of the molecule is CC(CNC(=O)c1cccc(C2(C)NC(=O)NC2=O)c1)C(=O)O. The highest BCUT2D eigenvalue weighted by Gasteiger charge is 2.43. The molecule has 4 amide bonds. The molecule has 1 saturated heterocycles. The van der Waals surface area contributed by atoms with Crippen LogP contribution in [0.3, 0.4) is 0 Å². The van der Waals surface area contributed by atoms with Crippen molar-refractivity contribution in [1.29, 1.82) is 0 Å². The van der Waals surface area contributed by atoms with Crippen molar-refractivity contribution in [2.24, 2.45) is 5.92 Å². The minimum Gasteiger partial charge on any atom is -0.481 e. The number of rotatable bonds is 5. The molecular formula is C15H17N3O5. The van der Waals surface area contributed by atoms with Crippen LogP contribution in [0.25, 0.3) is 0 Å². The van der Waals surface area contributed by atoms with Gasteiger partial charge in [-0.05, 0) is 24.6 Å². The fourth-order valence-corrected chi connectivity index (χ4v) is 2.15. The summed E-state index contributed by atoms with van der Waals surface area (Å²) in [4.78, 5) is 46.1. The molecule has 1 aromatic rings. The fraction of sp³-hybridized carbons (Fsp3) is 0.333. The first-order chi connectivity index (χ1) is 10.7. The molecule has 23 heavy (non-hydrogen) atoms. The lowest BCUT2D eigenvalue weighted by Gasteiger charge is -2.21. The normalized spacial score (nSPS) is 21.3. The van der Waals surface area contributed by atoms with E-state index < -0.39 is 35.3 Å². The van der Waals surface area contributed by atoms with E-state index in [4.69, 9.17) is 5.11 Å². The monoisotopic (exact) mass is 319 g/mol. The van der Waals surface area contributed by atoms with Crippen molar-refractivity contribution in [3.05, 3.63) is 35.4 Å². The summed E-state index contributed by atoms with van der Waals surface area (Å²) in [6, 6.07) is 5.66. The van der Waals surface area contributed by atoms with Crippen molar-refractivity contribution in [2.45, 2.75) is 19.4 Å². The van der Waals surface area contributed by atoms with Gasteiger partial charge in [-0.1, -0.05) is 19.1 Å². The summed E-state index contributed by atoms with van der Waals surface area (Å²) < 4.78 is 0. The van der Waals surface area contributed by atoms with Crippen LogP contribution in [0, 0.1) is 5.92 Å². The zero-order chi connectivity index (χ0) is 17.2. The van der Waals surface area contributed by atoms with Gasteiger partial charge in [-0.2, -0.15) is 0 Å². The second kappa shape index (κ2) is 6.07. The van der Waals surface area contributed by atoms with Gasteiger partial charge in [0, 0.05) is 12.1 Å². The van der Waals surface area contributed by atoms with Crippen LogP contribution in [0.4, 0.5) is 4.79 Å². The standard InChI is InChI=1S/C15H17N3O5/c1-8(12(20)21)7-16-11(19)9-4-3-5-10(6-9)15(2)13(22)17-14(23)18-15/h3-6,8H,7H2,1-2H3,(H,16,19)(H,20,21)(H2,17,18,22,23). The van der Waals surface area contributed by atoms with Gasteiger partial charge in [0.05, 0.1) is 5.92 Å². The third kappa shape index (κ3) is 3.31. The second-order valence-electron chi connectivity index (χ2n) is 5.56. The zero-order valence-corrected chi connectivity index (χ0v) is 12.7. The molecule has 0 bridgehead atoms. The molecule has 2 unspecified atom stereocenters. The summed E-state index contributed by atoms with van der Waals surface area (Å²) in [5, 5.41) is 16.0. The van der Waals surface area contributed by atoms with Crippen LogP contribution in [0.5, 0.6) is 0 Å². The van der Waals surface area contributed by atoms with E-state index in [0.717, 1.165) is 0 Å². The van der Waals surface area contributed by atoms with Gasteiger partial charge in [-0.3, -0.25) is 19.7 Å². The van der Waals surface area contributed by atoms with Crippen molar-refractivity contribution in [2.75, 3.05) is 6.54 Å². The quantitative estimate of drug-likeness (QED) is 0.577. The molecular weight excluding hydrogens is 302 g/mol. The Morgan fingerprint density at radius 1 is 1.35 bits per heavy atom. The molecule has 0 radical (unpaired) electrons. The van der Waals surface area contributed by atoms with Crippen LogP contribution in [0.15, 0.2) is 24.3 Å². The Morgan fingerprint density at radius 3 is 2.61 bits per heavy atom. The predicted molar refractivity (Wildman–Crippen MR) is 79.6 cm³/mol. The molecule has 2 atom stereocenters. The van der Waals surface area contributed by atoms with Crippen molar-refractivity contribution in [3.63, 3.8) is 0 Å². The average Bonchev–Trinajstić information content (AvgIpc) is 2.78. The maximum atomic E-state index is 12.1. The van der Waals surface area contributed by atoms with E-state index in [1.807, 2.05) is 0 Å². The average molecular weight is 319 g/mol. The molecule has 4 N–H and O–H groups in total. The van der Waals surface area contributed by atoms with Crippen LogP contribution in [-0.2, 0) is 15.1 Å². The van der Waals surface area contributed by atoms with Crippen LogP contribution in [-0.4, -0.2) is 35.5 Å². The number of hydrogen-bond acceptors (Lipinski definition) is 4. The summed E-state index contributed by atoms with van der Waals surface area (Å²) in [6.07, 6.45) is 0. The fourth-order valence-electron chi connectivity index (χ4n) is 2.15. The second-order valence-corrected chi connectivity index (χ2v) is 5.56. The third-order valence-corrected chi connectivity index (χ3v) is 3.74. The van der Waals surface area contributed by atoms with Crippen LogP contribution in [0.2, 0.25) is 0 Å². The van der Waals surface area contributed by atoms with Gasteiger partial charge in [-0.15, -0.1) is 0 Å². The number of amides is 4. The van der Waals surface area contributed by atoms with E-state index in [9.17, 15) is 19.2 Å². The highest BCUT2D eigenvalue weighted by Crippen LogP contribution is 2.25. The zero-order valence-electron chi connectivity index (χ0n) is 12.7. The third-order valence-electron chi connectivity index (χ3n) is 3.74. The van der Waals surface area contributed by atoms with Gasteiger partial charge in [0.1, 0.15) is 5.54 Å². The summed E-state index contributed by atoms with van der Waals surface area (Å²) in [7, 11) is 0. The van der Waals surface area contributed by atoms with E-state index in [2.05, 4.69) is 16.0 Å². The number of aliphatic carboxylic acids is 1. The van der Waals surface area contributed by atoms with Crippen molar-refractivity contribution >= 4 is 23.8 Å². The molecule has 1 aromatic carbocycles. The Balaban J connectivity index is 2.17. The van der Waals surface area contributed by atoms with Crippen molar-refractivity contribution in [3.8, 4) is 0 Å². The number of carboxylic acid groups (broad SMARTS) is 1. The molecule has 0 saturated carbocycles. The first-order valence-electron chi connectivity index (χ1n) is 6.99. The molecule has 0 aliphatic carbocycles. The lowest BCUT2D eigenvalue weighted by atomic mass is 9.91. The number of benzene rings is 1. The van der Waals surface area contributed by atoms with E-state index in [1.54, 1.807) is 18.2 Å². The molecule has 122 valence electrons. The number of carbonyl (C=O) groups is 4. The number of urea groups is 1. The number of imide groups is 1. The molecule has 1 aliphatic rings. The molecule has 1 heterocycles. The molecule has 1 fully saturated rings. The largest absolute Gasteiger partial charge is 0.481 e. The predicted octanol–water partition coefficient (Wildman–Crippen LogP) is 0.192. The molecule has 8 nitrogen and oxygen atoms in total. The maximum absolute atomic E-state index is 12.1. The Morgan fingerprint density at radius 2 is 2.04 bits per heavy atom. The molecule has 0 spiro atoms. The van der Waals surface area contributed by atoms with Gasteiger partial charge in [0.2, 0.25) is 0 Å². The summed E-state index contributed by atoms with van der Waals surface area (Å²) in [5.74, 6) is -2.66. The highest BCUT2D eigenvalue weighted by atomic mass is 16.4. The van der Waals surface area contributed by atoms with E-state index in [-0.39, 0.29) is 12.1 Å². The Labute approximate surface area is 132 Å². The topological polar surface area (TPSA) is 125 Å². The first kappa shape index (κ1) is 16.5. The summed E-state index contributed by atoms with van der Waals surface area (Å²) in [6.45, 7) is 3.02. The first-order valence-corrected chi connectivity index (χ1v) is 6.99. The van der Waals surface area contributed by atoms with Crippen LogP contribution >= 0.6 is 0 Å². The molecule has 0 aromatic heterocycles. The van der Waals surface area contributed by atoms with Crippen molar-refractivity contribution < 1.29 is 24.3 Å². The van der Waals surface area contributed by atoms with Gasteiger partial charge in [-0.25, -0.2) is 4.79 Å². The Hall–Kier alpha value is -2.90. The maximum Gasteiger partial charge on any atom is 0.322 e. The van der Waals surface area contributed by atoms with Gasteiger partial charge in [0.15, 0.2) is 0 Å². The molecule has 2 rings (SSSR count). The smallest absolute Gasteiger partial charge is 0.322 e. The van der Waals surface area contributed by atoms with Crippen LogP contribution < -0.4 is 16.0 Å². The molecule has 8 heteroatoms. The van der Waals surface area contributed by atoms with E-state index in [1.165, 1.54) is 19.9 Å². The van der Waals surface area contributed by atoms with Gasteiger partial charge < -0.3 is 15.7 Å². The number of carbonyl (C=O) groups excluding carboxylic acids is 3. The summed E-state index contributed by atoms with van der Waals surface area (Å²) in [5.41, 5.74) is -0.517. The number of hydrogen-bond donors (Lipinski definition) is 4. The highest BCUT2D eigenvalue weighted by molar-refractivity contribution is 6.07. The number of nitrogens with one attached hydrogen (secondary N) is 3. The summed E-state index contributed by atoms with van der Waals surface area (Å²) >= 11 is 0. The Bertz CT molecular complexity index is 687.